The maximum absolute atomic E-state index is 11.4. The summed E-state index contributed by atoms with van der Waals surface area (Å²) in [7, 11) is 0. The molecule has 1 aromatic rings. The van der Waals surface area contributed by atoms with Crippen molar-refractivity contribution in [3.05, 3.63) is 18.0 Å². The van der Waals surface area contributed by atoms with Crippen molar-refractivity contribution in [1.82, 2.24) is 15.5 Å². The topological polar surface area (TPSA) is 57.8 Å². The lowest BCUT2D eigenvalue weighted by Gasteiger charge is -2.16. The van der Waals surface area contributed by atoms with Gasteiger partial charge in [-0.2, -0.15) is 5.10 Å². The summed E-state index contributed by atoms with van der Waals surface area (Å²) >= 11 is 0. The highest BCUT2D eigenvalue weighted by Crippen LogP contribution is 2.01. The SMILES string of the molecule is CC(C)C(C)NC(=O)c1ccn[nH]1. The molecule has 1 amide bonds. The van der Waals surface area contributed by atoms with Gasteiger partial charge in [0.25, 0.3) is 5.91 Å². The van der Waals surface area contributed by atoms with E-state index in [2.05, 4.69) is 29.4 Å². The number of nitrogens with zero attached hydrogens (tertiary/aromatic N) is 1. The third kappa shape index (κ3) is 2.57. The standard InChI is InChI=1S/C9H15N3O/c1-6(2)7(3)11-9(13)8-4-5-10-12-8/h4-7H,1-3H3,(H,10,12)(H,11,13). The average Bonchev–Trinajstić information content (AvgIpc) is 2.55. The molecule has 0 aliphatic carbocycles. The van der Waals surface area contributed by atoms with Gasteiger partial charge in [-0.15, -0.1) is 0 Å². The van der Waals surface area contributed by atoms with Gasteiger partial charge >= 0.3 is 0 Å². The second-order valence-corrected chi connectivity index (χ2v) is 3.48. The number of rotatable bonds is 3. The first-order chi connectivity index (χ1) is 6.11. The molecule has 0 radical (unpaired) electrons. The van der Waals surface area contributed by atoms with E-state index in [1.807, 2.05) is 6.92 Å². The Labute approximate surface area is 77.7 Å². The van der Waals surface area contributed by atoms with Crippen molar-refractivity contribution >= 4 is 5.91 Å². The number of aromatic amines is 1. The summed E-state index contributed by atoms with van der Waals surface area (Å²) < 4.78 is 0. The summed E-state index contributed by atoms with van der Waals surface area (Å²) in [6.45, 7) is 6.12. The monoisotopic (exact) mass is 181 g/mol. The second kappa shape index (κ2) is 4.07. The van der Waals surface area contributed by atoms with Gasteiger partial charge < -0.3 is 5.32 Å². The van der Waals surface area contributed by atoms with Crippen molar-refractivity contribution in [1.29, 1.82) is 0 Å². The van der Waals surface area contributed by atoms with Crippen LogP contribution < -0.4 is 5.32 Å². The smallest absolute Gasteiger partial charge is 0.269 e. The van der Waals surface area contributed by atoms with Crippen LogP contribution in [-0.4, -0.2) is 22.1 Å². The van der Waals surface area contributed by atoms with Crippen molar-refractivity contribution < 1.29 is 4.79 Å². The zero-order chi connectivity index (χ0) is 9.84. The fourth-order valence-corrected chi connectivity index (χ4v) is 0.834. The Bertz CT molecular complexity index is 266. The first-order valence-corrected chi connectivity index (χ1v) is 4.41. The molecular weight excluding hydrogens is 166 g/mol. The van der Waals surface area contributed by atoms with E-state index in [1.54, 1.807) is 12.3 Å². The fraction of sp³-hybridized carbons (Fsp3) is 0.556. The van der Waals surface area contributed by atoms with Crippen molar-refractivity contribution in [2.75, 3.05) is 0 Å². The molecule has 1 rings (SSSR count). The maximum Gasteiger partial charge on any atom is 0.269 e. The normalized spacial score (nSPS) is 12.9. The molecule has 0 bridgehead atoms. The third-order valence-corrected chi connectivity index (χ3v) is 2.10. The molecule has 1 atom stereocenters. The number of aromatic nitrogens is 2. The number of hydrogen-bond acceptors (Lipinski definition) is 2. The predicted octanol–water partition coefficient (Wildman–Crippen LogP) is 1.18. The molecule has 1 unspecified atom stereocenters. The Morgan fingerprint density at radius 2 is 2.23 bits per heavy atom. The Kier molecular flexibility index (Phi) is 3.06. The molecule has 2 N–H and O–H groups in total. The molecule has 72 valence electrons. The summed E-state index contributed by atoms with van der Waals surface area (Å²) in [5, 5.41) is 9.20. The summed E-state index contributed by atoms with van der Waals surface area (Å²) in [6, 6.07) is 1.83. The van der Waals surface area contributed by atoms with Gasteiger partial charge in [0.15, 0.2) is 0 Å². The molecule has 4 heteroatoms. The third-order valence-electron chi connectivity index (χ3n) is 2.10. The van der Waals surface area contributed by atoms with Gasteiger partial charge in [-0.1, -0.05) is 13.8 Å². The molecule has 13 heavy (non-hydrogen) atoms. The van der Waals surface area contributed by atoms with Gasteiger partial charge in [-0.3, -0.25) is 9.89 Å². The van der Waals surface area contributed by atoms with Gasteiger partial charge in [0.2, 0.25) is 0 Å². The minimum absolute atomic E-state index is 0.0984. The largest absolute Gasteiger partial charge is 0.348 e. The van der Waals surface area contributed by atoms with E-state index >= 15 is 0 Å². The highest BCUT2D eigenvalue weighted by atomic mass is 16.2. The minimum atomic E-state index is -0.0984. The number of carbonyl (C=O) groups is 1. The molecule has 0 spiro atoms. The van der Waals surface area contributed by atoms with Crippen LogP contribution in [0.4, 0.5) is 0 Å². The van der Waals surface area contributed by atoms with Crippen LogP contribution >= 0.6 is 0 Å². The molecule has 0 aromatic carbocycles. The van der Waals surface area contributed by atoms with Crippen molar-refractivity contribution in [3.8, 4) is 0 Å². The Balaban J connectivity index is 2.52. The van der Waals surface area contributed by atoms with E-state index in [4.69, 9.17) is 0 Å². The second-order valence-electron chi connectivity index (χ2n) is 3.48. The summed E-state index contributed by atoms with van der Waals surface area (Å²) in [4.78, 5) is 11.4. The predicted molar refractivity (Wildman–Crippen MR) is 50.4 cm³/mol. The number of H-pyrrole nitrogens is 1. The van der Waals surface area contributed by atoms with E-state index in [0.29, 0.717) is 11.6 Å². The number of nitrogens with one attached hydrogen (secondary N) is 2. The molecule has 0 aliphatic heterocycles. The molecular formula is C9H15N3O. The Morgan fingerprint density at radius 1 is 1.54 bits per heavy atom. The molecule has 0 aliphatic rings. The molecule has 1 aromatic heterocycles. The Hall–Kier alpha value is -1.32. The molecule has 0 fully saturated rings. The summed E-state index contributed by atoms with van der Waals surface area (Å²) in [6.07, 6.45) is 1.56. The van der Waals surface area contributed by atoms with Gasteiger partial charge in [0, 0.05) is 12.2 Å². The number of carbonyl (C=O) groups excluding carboxylic acids is 1. The van der Waals surface area contributed by atoms with Gasteiger partial charge in [0.1, 0.15) is 5.69 Å². The average molecular weight is 181 g/mol. The van der Waals surface area contributed by atoms with E-state index in [0.717, 1.165) is 0 Å². The zero-order valence-corrected chi connectivity index (χ0v) is 8.16. The van der Waals surface area contributed by atoms with Crippen molar-refractivity contribution in [2.45, 2.75) is 26.8 Å². The summed E-state index contributed by atoms with van der Waals surface area (Å²) in [5.41, 5.74) is 0.507. The minimum Gasteiger partial charge on any atom is -0.348 e. The highest BCUT2D eigenvalue weighted by molar-refractivity contribution is 5.92. The van der Waals surface area contributed by atoms with Gasteiger partial charge in [0.05, 0.1) is 0 Å². The van der Waals surface area contributed by atoms with Crippen molar-refractivity contribution in [2.24, 2.45) is 5.92 Å². The van der Waals surface area contributed by atoms with E-state index in [-0.39, 0.29) is 11.9 Å². The lowest BCUT2D eigenvalue weighted by Crippen LogP contribution is -2.36. The lowest BCUT2D eigenvalue weighted by molar-refractivity contribution is 0.0925. The molecule has 0 saturated carbocycles. The number of hydrogen-bond donors (Lipinski definition) is 2. The maximum atomic E-state index is 11.4. The molecule has 4 nitrogen and oxygen atoms in total. The molecule has 1 heterocycles. The zero-order valence-electron chi connectivity index (χ0n) is 8.16. The van der Waals surface area contributed by atoms with E-state index in [1.165, 1.54) is 0 Å². The van der Waals surface area contributed by atoms with Crippen LogP contribution in [0.5, 0.6) is 0 Å². The lowest BCUT2D eigenvalue weighted by atomic mass is 10.1. The summed E-state index contributed by atoms with van der Waals surface area (Å²) in [5.74, 6) is 0.338. The van der Waals surface area contributed by atoms with Crippen LogP contribution in [0.1, 0.15) is 31.3 Å². The van der Waals surface area contributed by atoms with Crippen LogP contribution in [0.15, 0.2) is 12.3 Å². The van der Waals surface area contributed by atoms with Crippen LogP contribution in [0, 0.1) is 5.92 Å². The first-order valence-electron chi connectivity index (χ1n) is 4.41. The quantitative estimate of drug-likeness (QED) is 0.735. The van der Waals surface area contributed by atoms with Gasteiger partial charge in [-0.05, 0) is 18.9 Å². The van der Waals surface area contributed by atoms with Crippen molar-refractivity contribution in [3.63, 3.8) is 0 Å². The van der Waals surface area contributed by atoms with Crippen LogP contribution in [0.3, 0.4) is 0 Å². The highest BCUT2D eigenvalue weighted by Gasteiger charge is 2.12. The first kappa shape index (κ1) is 9.77. The van der Waals surface area contributed by atoms with Crippen LogP contribution in [0.2, 0.25) is 0 Å². The molecule has 0 saturated heterocycles. The fourth-order valence-electron chi connectivity index (χ4n) is 0.834. The van der Waals surface area contributed by atoms with E-state index in [9.17, 15) is 4.79 Å². The van der Waals surface area contributed by atoms with Crippen LogP contribution in [0.25, 0.3) is 0 Å². The van der Waals surface area contributed by atoms with Gasteiger partial charge in [-0.25, -0.2) is 0 Å². The van der Waals surface area contributed by atoms with E-state index < -0.39 is 0 Å². The number of amides is 1. The Morgan fingerprint density at radius 3 is 2.69 bits per heavy atom. The van der Waals surface area contributed by atoms with Crippen LogP contribution in [-0.2, 0) is 0 Å².